The van der Waals surface area contributed by atoms with E-state index < -0.39 is 0 Å². The van der Waals surface area contributed by atoms with Crippen molar-refractivity contribution in [2.24, 2.45) is 5.10 Å². The Morgan fingerprint density at radius 3 is 2.32 bits per heavy atom. The van der Waals surface area contributed by atoms with E-state index >= 15 is 0 Å². The van der Waals surface area contributed by atoms with Crippen molar-refractivity contribution in [3.63, 3.8) is 0 Å². The molecule has 2 heterocycles. The number of hydrazone groups is 1. The molecule has 22 heavy (non-hydrogen) atoms. The summed E-state index contributed by atoms with van der Waals surface area (Å²) in [7, 11) is 0. The van der Waals surface area contributed by atoms with Gasteiger partial charge in [0.1, 0.15) is 5.82 Å². The number of hydrogen-bond acceptors (Lipinski definition) is 4. The molecule has 3 rings (SSSR count). The standard InChI is InChI=1S/C16H16Cl2N4/c17-14-4-3-5-15(18)13(14)12-20-22-10-8-21(9-11-22)16-6-1-2-7-19-16/h1-7,12H,8-11H2. The first-order chi connectivity index (χ1) is 10.7. The van der Waals surface area contributed by atoms with Crippen molar-refractivity contribution < 1.29 is 0 Å². The molecule has 0 radical (unpaired) electrons. The highest BCUT2D eigenvalue weighted by Crippen LogP contribution is 2.22. The molecule has 0 spiro atoms. The fourth-order valence-electron chi connectivity index (χ4n) is 2.35. The Hall–Kier alpha value is -1.78. The molecule has 0 aliphatic carbocycles. The Bertz CT molecular complexity index is 632. The Morgan fingerprint density at radius 2 is 1.68 bits per heavy atom. The molecular formula is C16H16Cl2N4. The number of nitrogens with zero attached hydrogens (tertiary/aromatic N) is 4. The molecular weight excluding hydrogens is 319 g/mol. The van der Waals surface area contributed by atoms with Gasteiger partial charge in [0.2, 0.25) is 0 Å². The van der Waals surface area contributed by atoms with Crippen LogP contribution in [0, 0.1) is 0 Å². The predicted molar refractivity (Wildman–Crippen MR) is 92.1 cm³/mol. The van der Waals surface area contributed by atoms with Gasteiger partial charge in [-0.2, -0.15) is 5.10 Å². The summed E-state index contributed by atoms with van der Waals surface area (Å²) in [6.45, 7) is 3.47. The third-order valence-electron chi connectivity index (χ3n) is 3.58. The molecule has 1 fully saturated rings. The minimum Gasteiger partial charge on any atom is -0.353 e. The molecule has 2 aromatic rings. The van der Waals surface area contributed by atoms with Crippen LogP contribution < -0.4 is 4.90 Å². The smallest absolute Gasteiger partial charge is 0.128 e. The number of halogens is 2. The molecule has 1 aromatic heterocycles. The van der Waals surface area contributed by atoms with Crippen LogP contribution in [-0.2, 0) is 0 Å². The van der Waals surface area contributed by atoms with E-state index in [4.69, 9.17) is 23.2 Å². The first-order valence-corrected chi connectivity index (χ1v) is 7.88. The maximum atomic E-state index is 6.14. The lowest BCUT2D eigenvalue weighted by molar-refractivity contribution is 0.271. The second-order valence-electron chi connectivity index (χ2n) is 5.01. The van der Waals surface area contributed by atoms with Crippen LogP contribution in [0.25, 0.3) is 0 Å². The van der Waals surface area contributed by atoms with E-state index in [-0.39, 0.29) is 0 Å². The van der Waals surface area contributed by atoms with Gasteiger partial charge in [-0.3, -0.25) is 5.01 Å². The number of benzene rings is 1. The normalized spacial score (nSPS) is 15.5. The van der Waals surface area contributed by atoms with Crippen molar-refractivity contribution in [2.75, 3.05) is 31.1 Å². The van der Waals surface area contributed by atoms with Crippen LogP contribution in [0.4, 0.5) is 5.82 Å². The van der Waals surface area contributed by atoms with Crippen LogP contribution in [0.1, 0.15) is 5.56 Å². The number of aromatic nitrogens is 1. The second kappa shape index (κ2) is 6.99. The van der Waals surface area contributed by atoms with Crippen LogP contribution in [-0.4, -0.2) is 42.4 Å². The largest absolute Gasteiger partial charge is 0.353 e. The lowest BCUT2D eigenvalue weighted by Crippen LogP contribution is -2.44. The van der Waals surface area contributed by atoms with Crippen LogP contribution >= 0.6 is 23.2 Å². The molecule has 0 amide bonds. The van der Waals surface area contributed by atoms with Crippen molar-refractivity contribution in [1.82, 2.24) is 9.99 Å². The Morgan fingerprint density at radius 1 is 0.955 bits per heavy atom. The number of piperazine rings is 1. The van der Waals surface area contributed by atoms with Crippen molar-refractivity contribution in [3.05, 3.63) is 58.2 Å². The van der Waals surface area contributed by atoms with E-state index in [1.807, 2.05) is 47.6 Å². The molecule has 6 heteroatoms. The average Bonchev–Trinajstić information content (AvgIpc) is 2.56. The van der Waals surface area contributed by atoms with Crippen LogP contribution in [0.5, 0.6) is 0 Å². The van der Waals surface area contributed by atoms with E-state index in [0.29, 0.717) is 10.0 Å². The quantitative estimate of drug-likeness (QED) is 0.804. The average molecular weight is 335 g/mol. The minimum absolute atomic E-state index is 0.614. The maximum absolute atomic E-state index is 6.14. The molecule has 0 N–H and O–H groups in total. The van der Waals surface area contributed by atoms with Gasteiger partial charge in [0.25, 0.3) is 0 Å². The maximum Gasteiger partial charge on any atom is 0.128 e. The summed E-state index contributed by atoms with van der Waals surface area (Å²) in [5.41, 5.74) is 0.762. The monoisotopic (exact) mass is 334 g/mol. The van der Waals surface area contributed by atoms with Crippen molar-refractivity contribution in [2.45, 2.75) is 0 Å². The van der Waals surface area contributed by atoms with Gasteiger partial charge < -0.3 is 4.90 Å². The van der Waals surface area contributed by atoms with Gasteiger partial charge in [-0.05, 0) is 24.3 Å². The Labute approximate surface area is 140 Å². The summed E-state index contributed by atoms with van der Waals surface area (Å²) >= 11 is 12.3. The highest BCUT2D eigenvalue weighted by molar-refractivity contribution is 6.38. The third kappa shape index (κ3) is 3.51. The van der Waals surface area contributed by atoms with Gasteiger partial charge in [0.15, 0.2) is 0 Å². The zero-order valence-electron chi connectivity index (χ0n) is 12.0. The molecule has 0 bridgehead atoms. The summed E-state index contributed by atoms with van der Waals surface area (Å²) in [6, 6.07) is 11.4. The van der Waals surface area contributed by atoms with Crippen molar-refractivity contribution in [3.8, 4) is 0 Å². The van der Waals surface area contributed by atoms with Crippen molar-refractivity contribution in [1.29, 1.82) is 0 Å². The van der Waals surface area contributed by atoms with E-state index in [1.165, 1.54) is 0 Å². The number of rotatable bonds is 3. The Kier molecular flexibility index (Phi) is 4.80. The van der Waals surface area contributed by atoms with Crippen LogP contribution in [0.15, 0.2) is 47.7 Å². The molecule has 114 valence electrons. The molecule has 4 nitrogen and oxygen atoms in total. The highest BCUT2D eigenvalue weighted by Gasteiger charge is 2.16. The SMILES string of the molecule is Clc1cccc(Cl)c1C=NN1CCN(c2ccccn2)CC1. The third-order valence-corrected chi connectivity index (χ3v) is 4.24. The zero-order chi connectivity index (χ0) is 15.4. The fraction of sp³-hybridized carbons (Fsp3) is 0.250. The van der Waals surface area contributed by atoms with Gasteiger partial charge in [-0.1, -0.05) is 35.3 Å². The van der Waals surface area contributed by atoms with Crippen LogP contribution in [0.3, 0.4) is 0 Å². The van der Waals surface area contributed by atoms with E-state index in [2.05, 4.69) is 15.0 Å². The number of hydrogen-bond donors (Lipinski definition) is 0. The molecule has 1 aliphatic heterocycles. The van der Waals surface area contributed by atoms with Gasteiger partial charge in [0.05, 0.1) is 29.3 Å². The van der Waals surface area contributed by atoms with Crippen LogP contribution in [0.2, 0.25) is 10.0 Å². The molecule has 0 unspecified atom stereocenters. The first-order valence-electron chi connectivity index (χ1n) is 7.13. The fourth-order valence-corrected chi connectivity index (χ4v) is 2.85. The number of pyridine rings is 1. The lowest BCUT2D eigenvalue weighted by atomic mass is 10.2. The van der Waals surface area contributed by atoms with E-state index in [0.717, 1.165) is 37.6 Å². The minimum atomic E-state index is 0.614. The highest BCUT2D eigenvalue weighted by atomic mass is 35.5. The van der Waals surface area contributed by atoms with E-state index in [9.17, 15) is 0 Å². The predicted octanol–water partition coefficient (Wildman–Crippen LogP) is 3.54. The van der Waals surface area contributed by atoms with Gasteiger partial charge in [-0.25, -0.2) is 4.98 Å². The second-order valence-corrected chi connectivity index (χ2v) is 5.82. The molecule has 0 atom stereocenters. The van der Waals surface area contributed by atoms with Gasteiger partial charge in [0, 0.05) is 24.8 Å². The molecule has 1 saturated heterocycles. The summed E-state index contributed by atoms with van der Waals surface area (Å²) in [6.07, 6.45) is 3.56. The summed E-state index contributed by atoms with van der Waals surface area (Å²) in [4.78, 5) is 6.64. The first kappa shape index (κ1) is 15.1. The summed E-state index contributed by atoms with van der Waals surface area (Å²) in [5, 5.41) is 7.75. The molecule has 1 aliphatic rings. The van der Waals surface area contributed by atoms with Gasteiger partial charge in [-0.15, -0.1) is 0 Å². The topological polar surface area (TPSA) is 31.7 Å². The van der Waals surface area contributed by atoms with E-state index in [1.54, 1.807) is 6.21 Å². The molecule has 0 saturated carbocycles. The lowest BCUT2D eigenvalue weighted by Gasteiger charge is -2.33. The van der Waals surface area contributed by atoms with Crippen molar-refractivity contribution >= 4 is 35.2 Å². The summed E-state index contributed by atoms with van der Waals surface area (Å²) < 4.78 is 0. The molecule has 1 aromatic carbocycles. The Balaban J connectivity index is 1.61. The zero-order valence-corrected chi connectivity index (χ0v) is 13.5. The number of anilines is 1. The van der Waals surface area contributed by atoms with Gasteiger partial charge >= 0.3 is 0 Å². The summed E-state index contributed by atoms with van der Waals surface area (Å²) in [5.74, 6) is 1.01.